The highest BCUT2D eigenvalue weighted by molar-refractivity contribution is 7.14. The molecule has 2 aromatic carbocycles. The summed E-state index contributed by atoms with van der Waals surface area (Å²) >= 11 is 1.37. The van der Waals surface area contributed by atoms with Crippen molar-refractivity contribution < 1.29 is 9.59 Å². The number of benzene rings is 2. The number of carbonyl (C=O) groups excluding carboxylic acids is 2. The number of aryl methyl sites for hydroxylation is 2. The summed E-state index contributed by atoms with van der Waals surface area (Å²) in [6.07, 6.45) is 0.623. The van der Waals surface area contributed by atoms with Crippen LogP contribution in [0.3, 0.4) is 0 Å². The zero-order valence-corrected chi connectivity index (χ0v) is 21.5. The smallest absolute Gasteiger partial charge is 0.254 e. The molecule has 1 atom stereocenters. The van der Waals surface area contributed by atoms with Crippen LogP contribution < -0.4 is 11.1 Å². The van der Waals surface area contributed by atoms with Gasteiger partial charge in [0.2, 0.25) is 5.91 Å². The molecule has 5 rings (SSSR count). The molecule has 2 aromatic heterocycles. The monoisotopic (exact) mass is 519 g/mol. The molecule has 0 bridgehead atoms. The number of nitrogens with zero attached hydrogens (tertiary/aromatic N) is 3. The summed E-state index contributed by atoms with van der Waals surface area (Å²) in [7, 11) is 0. The molecule has 0 radical (unpaired) electrons. The molecule has 1 saturated heterocycles. The fourth-order valence-corrected chi connectivity index (χ4v) is 4.93. The van der Waals surface area contributed by atoms with Crippen LogP contribution in [-0.4, -0.2) is 39.3 Å². The van der Waals surface area contributed by atoms with Crippen LogP contribution in [0.25, 0.3) is 22.4 Å². The SMILES string of the molecule is Cc1cc(-c2cccc(-c3csc(NC(=O)[C@@H]4CCN4C(=O)c4ccc(N)cc4)n3)c2)cc(C)n1.Cl. The fourth-order valence-electron chi connectivity index (χ4n) is 4.21. The van der Waals surface area contributed by atoms with Crippen LogP contribution in [0.5, 0.6) is 0 Å². The molecule has 2 amide bonds. The van der Waals surface area contributed by atoms with Crippen molar-refractivity contribution >= 4 is 46.4 Å². The largest absolute Gasteiger partial charge is 0.399 e. The Morgan fingerprint density at radius 2 is 1.67 bits per heavy atom. The molecule has 3 N–H and O–H groups in total. The number of nitrogens with two attached hydrogens (primary N) is 1. The minimum atomic E-state index is -0.506. The van der Waals surface area contributed by atoms with Gasteiger partial charge in [0.05, 0.1) is 5.69 Å². The summed E-state index contributed by atoms with van der Waals surface area (Å²) in [5.41, 5.74) is 12.7. The third-order valence-corrected chi connectivity index (χ3v) is 6.81. The number of nitrogens with one attached hydrogen (secondary N) is 1. The minimum absolute atomic E-state index is 0. The number of hydrogen-bond donors (Lipinski definition) is 2. The lowest BCUT2D eigenvalue weighted by molar-refractivity contribution is -0.123. The van der Waals surface area contributed by atoms with Gasteiger partial charge in [-0.3, -0.25) is 14.6 Å². The number of halogens is 1. The van der Waals surface area contributed by atoms with Crippen LogP contribution >= 0.6 is 23.7 Å². The lowest BCUT2D eigenvalue weighted by Crippen LogP contribution is -2.56. The summed E-state index contributed by atoms with van der Waals surface area (Å²) in [5, 5.41) is 5.33. The van der Waals surface area contributed by atoms with Crippen LogP contribution in [0.2, 0.25) is 0 Å². The van der Waals surface area contributed by atoms with Crippen molar-refractivity contribution in [2.24, 2.45) is 0 Å². The van der Waals surface area contributed by atoms with E-state index in [0.717, 1.165) is 33.8 Å². The zero-order valence-electron chi connectivity index (χ0n) is 19.9. The number of anilines is 2. The zero-order chi connectivity index (χ0) is 24.5. The van der Waals surface area contributed by atoms with Crippen LogP contribution in [0.4, 0.5) is 10.8 Å². The van der Waals surface area contributed by atoms with E-state index in [1.54, 1.807) is 29.2 Å². The second-order valence-corrected chi connectivity index (χ2v) is 9.53. The predicted molar refractivity (Wildman–Crippen MR) is 146 cm³/mol. The van der Waals surface area contributed by atoms with Crippen LogP contribution in [0.1, 0.15) is 28.2 Å². The van der Waals surface area contributed by atoms with E-state index in [2.05, 4.69) is 39.6 Å². The maximum atomic E-state index is 12.9. The van der Waals surface area contributed by atoms with Gasteiger partial charge in [-0.25, -0.2) is 4.98 Å². The molecule has 36 heavy (non-hydrogen) atoms. The number of thiazole rings is 1. The second-order valence-electron chi connectivity index (χ2n) is 8.67. The molecular weight excluding hydrogens is 494 g/mol. The van der Waals surface area contributed by atoms with Crippen molar-refractivity contribution in [3.63, 3.8) is 0 Å². The number of amides is 2. The minimum Gasteiger partial charge on any atom is -0.399 e. The van der Waals surface area contributed by atoms with E-state index in [1.807, 2.05) is 31.4 Å². The average Bonchev–Trinajstić information content (AvgIpc) is 3.26. The van der Waals surface area contributed by atoms with Crippen molar-refractivity contribution in [1.82, 2.24) is 14.9 Å². The fraction of sp³-hybridized carbons (Fsp3) is 0.185. The first-order chi connectivity index (χ1) is 16.9. The van der Waals surface area contributed by atoms with E-state index in [1.165, 1.54) is 11.3 Å². The van der Waals surface area contributed by atoms with E-state index in [4.69, 9.17) is 5.73 Å². The molecule has 1 aliphatic rings. The van der Waals surface area contributed by atoms with Gasteiger partial charge < -0.3 is 16.0 Å². The van der Waals surface area contributed by atoms with Gasteiger partial charge in [-0.2, -0.15) is 0 Å². The summed E-state index contributed by atoms with van der Waals surface area (Å²) in [6, 6.07) is 18.5. The number of nitrogen functional groups attached to an aromatic ring is 1. The Bertz CT molecular complexity index is 1400. The quantitative estimate of drug-likeness (QED) is 0.346. The molecule has 1 aliphatic heterocycles. The standard InChI is InChI=1S/C27H25N5O2S.ClH/c1-16-12-21(13-17(2)29-16)19-4-3-5-20(14-19)23-15-35-27(30-23)31-25(33)24-10-11-32(24)26(34)18-6-8-22(28)9-7-18;/h3-9,12-15,24H,10-11,28H2,1-2H3,(H,30,31,33);1H/t24-;/m0./s1. The molecular formula is C27H26ClN5O2S. The average molecular weight is 520 g/mol. The highest BCUT2D eigenvalue weighted by Crippen LogP contribution is 2.30. The third kappa shape index (κ3) is 5.24. The van der Waals surface area contributed by atoms with Gasteiger partial charge in [-0.15, -0.1) is 23.7 Å². The Kier molecular flexibility index (Phi) is 7.37. The summed E-state index contributed by atoms with van der Waals surface area (Å²) in [4.78, 5) is 36.3. The number of likely N-dealkylation sites (tertiary alicyclic amines) is 1. The molecule has 3 heterocycles. The molecule has 0 aliphatic carbocycles. The van der Waals surface area contributed by atoms with E-state index >= 15 is 0 Å². The van der Waals surface area contributed by atoms with Gasteiger partial charge in [-0.1, -0.05) is 18.2 Å². The molecule has 9 heteroatoms. The first-order valence-corrected chi connectivity index (χ1v) is 12.2. The Morgan fingerprint density at radius 1 is 0.972 bits per heavy atom. The highest BCUT2D eigenvalue weighted by Gasteiger charge is 2.38. The first-order valence-electron chi connectivity index (χ1n) is 11.4. The highest BCUT2D eigenvalue weighted by atomic mass is 35.5. The van der Waals surface area contributed by atoms with Crippen molar-refractivity contribution in [3.05, 3.63) is 83.0 Å². The number of hydrogen-bond acceptors (Lipinski definition) is 6. The van der Waals surface area contributed by atoms with E-state index in [0.29, 0.717) is 29.3 Å². The number of pyridine rings is 1. The van der Waals surface area contributed by atoms with Gasteiger partial charge >= 0.3 is 0 Å². The number of carbonyl (C=O) groups is 2. The third-order valence-electron chi connectivity index (χ3n) is 6.05. The lowest BCUT2D eigenvalue weighted by Gasteiger charge is -2.39. The molecule has 4 aromatic rings. The lowest BCUT2D eigenvalue weighted by atomic mass is 10.00. The van der Waals surface area contributed by atoms with Crippen LogP contribution in [0.15, 0.2) is 66.0 Å². The van der Waals surface area contributed by atoms with Crippen molar-refractivity contribution in [2.45, 2.75) is 26.3 Å². The van der Waals surface area contributed by atoms with Gasteiger partial charge in [0.25, 0.3) is 5.91 Å². The topological polar surface area (TPSA) is 101 Å². The van der Waals surface area contributed by atoms with E-state index in [-0.39, 0.29) is 24.2 Å². The van der Waals surface area contributed by atoms with Gasteiger partial charge in [0.15, 0.2) is 5.13 Å². The summed E-state index contributed by atoms with van der Waals surface area (Å²) in [6.45, 7) is 4.52. The normalized spacial score (nSPS) is 14.5. The molecule has 0 saturated carbocycles. The molecule has 7 nitrogen and oxygen atoms in total. The van der Waals surface area contributed by atoms with Crippen LogP contribution in [0, 0.1) is 13.8 Å². The van der Waals surface area contributed by atoms with E-state index < -0.39 is 6.04 Å². The van der Waals surface area contributed by atoms with Crippen molar-refractivity contribution in [1.29, 1.82) is 0 Å². The van der Waals surface area contributed by atoms with Crippen molar-refractivity contribution in [3.8, 4) is 22.4 Å². The molecule has 1 fully saturated rings. The Hall–Kier alpha value is -3.75. The molecule has 0 unspecified atom stereocenters. The maximum Gasteiger partial charge on any atom is 0.254 e. The molecule has 184 valence electrons. The predicted octanol–water partition coefficient (Wildman–Crippen LogP) is 5.35. The van der Waals surface area contributed by atoms with Crippen molar-refractivity contribution in [2.75, 3.05) is 17.6 Å². The Morgan fingerprint density at radius 3 is 2.33 bits per heavy atom. The Labute approximate surface area is 219 Å². The molecule has 0 spiro atoms. The summed E-state index contributed by atoms with van der Waals surface area (Å²) < 4.78 is 0. The van der Waals surface area contributed by atoms with Gasteiger partial charge in [-0.05, 0) is 73.9 Å². The summed E-state index contributed by atoms with van der Waals surface area (Å²) in [5.74, 6) is -0.396. The second kappa shape index (κ2) is 10.5. The Balaban J connectivity index is 0.00000304. The van der Waals surface area contributed by atoms with Crippen LogP contribution in [-0.2, 0) is 4.79 Å². The van der Waals surface area contributed by atoms with E-state index in [9.17, 15) is 9.59 Å². The van der Waals surface area contributed by atoms with Gasteiger partial charge in [0, 0.05) is 40.1 Å². The number of aromatic nitrogens is 2. The van der Waals surface area contributed by atoms with Gasteiger partial charge in [0.1, 0.15) is 6.04 Å². The number of rotatable bonds is 5. The maximum absolute atomic E-state index is 12.9. The first kappa shape index (κ1) is 25.3.